The second kappa shape index (κ2) is 6.26. The molecule has 1 N–H and O–H groups in total. The molecule has 2 rings (SSSR count). The molecule has 1 aliphatic heterocycles. The minimum atomic E-state index is -0.185. The predicted octanol–water partition coefficient (Wildman–Crippen LogP) is 2.04. The van der Waals surface area contributed by atoms with E-state index in [0.29, 0.717) is 16.7 Å². The van der Waals surface area contributed by atoms with Crippen molar-refractivity contribution in [1.82, 2.24) is 5.32 Å². The summed E-state index contributed by atoms with van der Waals surface area (Å²) in [6.45, 7) is 0.823. The van der Waals surface area contributed by atoms with Gasteiger partial charge in [0.15, 0.2) is 0 Å². The summed E-state index contributed by atoms with van der Waals surface area (Å²) in [5, 5.41) is 3.80. The van der Waals surface area contributed by atoms with Crippen molar-refractivity contribution in [3.05, 3.63) is 28.8 Å². The number of esters is 1. The highest BCUT2D eigenvalue weighted by Gasteiger charge is 2.30. The van der Waals surface area contributed by atoms with E-state index in [1.807, 2.05) is 18.2 Å². The smallest absolute Gasteiger partial charge is 0.322 e. The van der Waals surface area contributed by atoms with Crippen LogP contribution in [-0.4, -0.2) is 32.8 Å². The Morgan fingerprint density at radius 3 is 2.89 bits per heavy atom. The standard InChI is InChI=1S/C14H18ClNO3/c1-18-13-4-3-9(6-11(13)15)5-10-7-12(16-8-10)14(17)19-2/h3-4,6,10,12,16H,5,7-8H2,1-2H3/t10?,12-/m0/s1. The number of benzene rings is 1. The van der Waals surface area contributed by atoms with Crippen molar-refractivity contribution in [2.75, 3.05) is 20.8 Å². The van der Waals surface area contributed by atoms with Crippen LogP contribution in [0.15, 0.2) is 18.2 Å². The summed E-state index contributed by atoms with van der Waals surface area (Å²) in [5.74, 6) is 0.922. The summed E-state index contributed by atoms with van der Waals surface area (Å²) in [5.41, 5.74) is 1.16. The van der Waals surface area contributed by atoms with E-state index in [1.54, 1.807) is 7.11 Å². The number of methoxy groups -OCH3 is 2. The molecule has 0 spiro atoms. The summed E-state index contributed by atoms with van der Waals surface area (Å²) in [4.78, 5) is 11.4. The molecule has 0 saturated carbocycles. The van der Waals surface area contributed by atoms with Crippen LogP contribution in [0.5, 0.6) is 5.75 Å². The van der Waals surface area contributed by atoms with Gasteiger partial charge in [-0.3, -0.25) is 4.79 Å². The first-order chi connectivity index (χ1) is 9.13. The van der Waals surface area contributed by atoms with Crippen LogP contribution in [0.2, 0.25) is 5.02 Å². The van der Waals surface area contributed by atoms with E-state index in [2.05, 4.69) is 5.32 Å². The number of rotatable bonds is 4. The average Bonchev–Trinajstić information content (AvgIpc) is 2.86. The van der Waals surface area contributed by atoms with E-state index >= 15 is 0 Å². The fraction of sp³-hybridized carbons (Fsp3) is 0.500. The molecule has 4 nitrogen and oxygen atoms in total. The topological polar surface area (TPSA) is 47.6 Å². The van der Waals surface area contributed by atoms with Gasteiger partial charge in [0.25, 0.3) is 0 Å². The van der Waals surface area contributed by atoms with Crippen LogP contribution in [-0.2, 0) is 16.0 Å². The molecule has 0 aromatic heterocycles. The largest absolute Gasteiger partial charge is 0.495 e. The third-order valence-corrected chi connectivity index (χ3v) is 3.74. The van der Waals surface area contributed by atoms with Crippen molar-refractivity contribution in [1.29, 1.82) is 0 Å². The normalized spacial score (nSPS) is 22.3. The van der Waals surface area contributed by atoms with Gasteiger partial charge in [-0.25, -0.2) is 0 Å². The maximum Gasteiger partial charge on any atom is 0.322 e. The van der Waals surface area contributed by atoms with Crippen LogP contribution in [0.3, 0.4) is 0 Å². The highest BCUT2D eigenvalue weighted by molar-refractivity contribution is 6.32. The number of hydrogen-bond acceptors (Lipinski definition) is 4. The zero-order chi connectivity index (χ0) is 13.8. The van der Waals surface area contributed by atoms with Gasteiger partial charge in [-0.15, -0.1) is 0 Å². The van der Waals surface area contributed by atoms with Crippen molar-refractivity contribution in [2.24, 2.45) is 5.92 Å². The Balaban J connectivity index is 1.95. The maximum atomic E-state index is 11.4. The van der Waals surface area contributed by atoms with Crippen molar-refractivity contribution in [2.45, 2.75) is 18.9 Å². The number of halogens is 1. The number of nitrogens with one attached hydrogen (secondary N) is 1. The number of carbonyl (C=O) groups excluding carboxylic acids is 1. The minimum Gasteiger partial charge on any atom is -0.495 e. The Hall–Kier alpha value is -1.26. The molecule has 0 bridgehead atoms. The van der Waals surface area contributed by atoms with Gasteiger partial charge in [-0.2, -0.15) is 0 Å². The van der Waals surface area contributed by atoms with Crippen LogP contribution in [0.1, 0.15) is 12.0 Å². The first kappa shape index (κ1) is 14.2. The molecule has 5 heteroatoms. The Labute approximate surface area is 118 Å². The van der Waals surface area contributed by atoms with Crippen molar-refractivity contribution < 1.29 is 14.3 Å². The number of ether oxygens (including phenoxy) is 2. The van der Waals surface area contributed by atoms with Crippen molar-refractivity contribution >= 4 is 17.6 Å². The fourth-order valence-corrected chi connectivity index (χ4v) is 2.74. The van der Waals surface area contributed by atoms with E-state index in [0.717, 1.165) is 24.9 Å². The molecular weight excluding hydrogens is 266 g/mol. The first-order valence-corrected chi connectivity index (χ1v) is 6.65. The zero-order valence-corrected chi connectivity index (χ0v) is 11.9. The Kier molecular flexibility index (Phi) is 4.66. The van der Waals surface area contributed by atoms with Gasteiger partial charge in [-0.05, 0) is 43.0 Å². The van der Waals surface area contributed by atoms with E-state index in [-0.39, 0.29) is 12.0 Å². The highest BCUT2D eigenvalue weighted by Crippen LogP contribution is 2.27. The van der Waals surface area contributed by atoms with Gasteiger partial charge in [0.05, 0.1) is 19.2 Å². The summed E-state index contributed by atoms with van der Waals surface area (Å²) < 4.78 is 9.87. The molecule has 1 fully saturated rings. The molecule has 1 aliphatic rings. The Bertz CT molecular complexity index is 464. The summed E-state index contributed by atoms with van der Waals surface area (Å²) in [6.07, 6.45) is 1.69. The lowest BCUT2D eigenvalue weighted by Gasteiger charge is -2.10. The summed E-state index contributed by atoms with van der Waals surface area (Å²) >= 11 is 6.10. The van der Waals surface area contributed by atoms with E-state index in [4.69, 9.17) is 21.1 Å². The molecule has 104 valence electrons. The quantitative estimate of drug-likeness (QED) is 0.859. The number of hydrogen-bond donors (Lipinski definition) is 1. The lowest BCUT2D eigenvalue weighted by Crippen LogP contribution is -2.31. The average molecular weight is 284 g/mol. The van der Waals surface area contributed by atoms with Gasteiger partial charge in [0.2, 0.25) is 0 Å². The van der Waals surface area contributed by atoms with Gasteiger partial charge in [0, 0.05) is 0 Å². The second-order valence-corrected chi connectivity index (χ2v) is 5.17. The second-order valence-electron chi connectivity index (χ2n) is 4.76. The van der Waals surface area contributed by atoms with E-state index < -0.39 is 0 Å². The maximum absolute atomic E-state index is 11.4. The van der Waals surface area contributed by atoms with E-state index in [9.17, 15) is 4.79 Å². The molecule has 1 aromatic rings. The molecule has 0 radical (unpaired) electrons. The molecule has 2 atom stereocenters. The molecule has 1 aromatic carbocycles. The molecule has 1 heterocycles. The van der Waals surface area contributed by atoms with Crippen LogP contribution < -0.4 is 10.1 Å². The molecule has 19 heavy (non-hydrogen) atoms. The predicted molar refractivity (Wildman–Crippen MR) is 73.6 cm³/mol. The van der Waals surface area contributed by atoms with Gasteiger partial charge >= 0.3 is 5.97 Å². The molecule has 0 aliphatic carbocycles. The SMILES string of the molecule is COC(=O)[C@@H]1CC(Cc2ccc(OC)c(Cl)c2)CN1. The summed E-state index contributed by atoms with van der Waals surface area (Å²) in [7, 11) is 3.02. The van der Waals surface area contributed by atoms with Crippen LogP contribution >= 0.6 is 11.6 Å². The van der Waals surface area contributed by atoms with Crippen molar-refractivity contribution in [3.8, 4) is 5.75 Å². The van der Waals surface area contributed by atoms with Crippen LogP contribution in [0.25, 0.3) is 0 Å². The monoisotopic (exact) mass is 283 g/mol. The molecule has 0 amide bonds. The first-order valence-electron chi connectivity index (χ1n) is 6.27. The lowest BCUT2D eigenvalue weighted by atomic mass is 9.96. The van der Waals surface area contributed by atoms with Crippen molar-refractivity contribution in [3.63, 3.8) is 0 Å². The zero-order valence-electron chi connectivity index (χ0n) is 11.1. The summed E-state index contributed by atoms with van der Waals surface area (Å²) in [6, 6.07) is 5.63. The fourth-order valence-electron chi connectivity index (χ4n) is 2.46. The van der Waals surface area contributed by atoms with Crippen LogP contribution in [0, 0.1) is 5.92 Å². The third kappa shape index (κ3) is 3.39. The van der Waals surface area contributed by atoms with Gasteiger partial charge in [-0.1, -0.05) is 17.7 Å². The minimum absolute atomic E-state index is 0.177. The molecular formula is C14H18ClNO3. The molecule has 1 unspecified atom stereocenters. The third-order valence-electron chi connectivity index (χ3n) is 3.45. The number of carbonyl (C=O) groups is 1. The van der Waals surface area contributed by atoms with E-state index in [1.165, 1.54) is 7.11 Å². The van der Waals surface area contributed by atoms with Crippen LogP contribution in [0.4, 0.5) is 0 Å². The van der Waals surface area contributed by atoms with Gasteiger partial charge < -0.3 is 14.8 Å². The highest BCUT2D eigenvalue weighted by atomic mass is 35.5. The van der Waals surface area contributed by atoms with Gasteiger partial charge in [0.1, 0.15) is 11.8 Å². The lowest BCUT2D eigenvalue weighted by molar-refractivity contribution is -0.142. The Morgan fingerprint density at radius 1 is 1.47 bits per heavy atom. The molecule has 1 saturated heterocycles. The Morgan fingerprint density at radius 2 is 2.26 bits per heavy atom.